The van der Waals surface area contributed by atoms with Gasteiger partial charge in [-0.25, -0.2) is 19.2 Å². The van der Waals surface area contributed by atoms with Gasteiger partial charge in [0, 0.05) is 24.2 Å². The van der Waals surface area contributed by atoms with Gasteiger partial charge in [-0.05, 0) is 12.1 Å². The van der Waals surface area contributed by atoms with Crippen LogP contribution in [-0.2, 0) is 0 Å². The Labute approximate surface area is 107 Å². The molecule has 6 heteroatoms. The van der Waals surface area contributed by atoms with E-state index in [9.17, 15) is 9.18 Å². The lowest BCUT2D eigenvalue weighted by atomic mass is 10.1. The van der Waals surface area contributed by atoms with E-state index in [4.69, 9.17) is 5.11 Å². The summed E-state index contributed by atoms with van der Waals surface area (Å²) in [6, 6.07) is 6.19. The Balaban J connectivity index is 2.26. The molecule has 0 aliphatic heterocycles. The number of hydrogen-bond acceptors (Lipinski definition) is 3. The molecule has 0 atom stereocenters. The van der Waals surface area contributed by atoms with Crippen LogP contribution in [0.1, 0.15) is 10.5 Å². The van der Waals surface area contributed by atoms with Gasteiger partial charge in [-0.2, -0.15) is 0 Å². The van der Waals surface area contributed by atoms with Crippen molar-refractivity contribution in [3.63, 3.8) is 0 Å². The third-order valence-corrected chi connectivity index (χ3v) is 2.73. The van der Waals surface area contributed by atoms with Gasteiger partial charge in [0.1, 0.15) is 5.82 Å². The Morgan fingerprint density at radius 1 is 1.32 bits per heavy atom. The third kappa shape index (κ3) is 1.83. The maximum atomic E-state index is 13.7. The third-order valence-electron chi connectivity index (χ3n) is 2.73. The van der Waals surface area contributed by atoms with E-state index in [1.165, 1.54) is 16.7 Å². The van der Waals surface area contributed by atoms with E-state index < -0.39 is 11.8 Å². The van der Waals surface area contributed by atoms with Crippen molar-refractivity contribution in [2.24, 2.45) is 0 Å². The molecule has 0 unspecified atom stereocenters. The lowest BCUT2D eigenvalue weighted by Crippen LogP contribution is -2.03. The summed E-state index contributed by atoms with van der Waals surface area (Å²) < 4.78 is 15.2. The second-order valence-electron chi connectivity index (χ2n) is 3.92. The van der Waals surface area contributed by atoms with E-state index in [0.717, 1.165) is 0 Å². The molecule has 0 fully saturated rings. The molecule has 3 rings (SSSR count). The number of nitrogens with zero attached hydrogens (tertiary/aromatic N) is 3. The molecule has 0 aliphatic rings. The molecule has 2 aromatic heterocycles. The van der Waals surface area contributed by atoms with Crippen LogP contribution in [0.4, 0.5) is 4.39 Å². The maximum Gasteiger partial charge on any atom is 0.358 e. The first-order valence-corrected chi connectivity index (χ1v) is 5.49. The summed E-state index contributed by atoms with van der Waals surface area (Å²) in [7, 11) is 0. The Morgan fingerprint density at radius 2 is 2.11 bits per heavy atom. The van der Waals surface area contributed by atoms with Crippen LogP contribution in [-0.4, -0.2) is 25.4 Å². The van der Waals surface area contributed by atoms with Crippen molar-refractivity contribution in [1.29, 1.82) is 0 Å². The zero-order chi connectivity index (χ0) is 13.4. The molecular formula is C13H8FN3O2. The molecule has 0 bridgehead atoms. The number of halogens is 1. The predicted octanol–water partition coefficient (Wildman–Crippen LogP) is 2.23. The van der Waals surface area contributed by atoms with Crippen LogP contribution in [0.3, 0.4) is 0 Å². The Bertz CT molecular complexity index is 782. The number of carboxylic acids is 1. The number of fused-ring (bicyclic) bond motifs is 1. The van der Waals surface area contributed by atoms with Gasteiger partial charge < -0.3 is 9.51 Å². The quantitative estimate of drug-likeness (QED) is 0.764. The second-order valence-corrected chi connectivity index (χ2v) is 3.92. The number of carbonyl (C=O) groups is 1. The van der Waals surface area contributed by atoms with Gasteiger partial charge in [0.2, 0.25) is 0 Å². The average Bonchev–Trinajstić information content (AvgIpc) is 2.82. The number of aromatic nitrogens is 3. The molecule has 0 spiro atoms. The van der Waals surface area contributed by atoms with Gasteiger partial charge in [0.25, 0.3) is 0 Å². The second kappa shape index (κ2) is 4.16. The number of carboxylic acid groups (broad SMARTS) is 1. The molecule has 1 N–H and O–H groups in total. The highest BCUT2D eigenvalue weighted by Crippen LogP contribution is 2.22. The molecule has 2 heterocycles. The van der Waals surface area contributed by atoms with Crippen molar-refractivity contribution in [3.05, 3.63) is 54.4 Å². The summed E-state index contributed by atoms with van der Waals surface area (Å²) in [5.74, 6) is -1.58. The molecule has 0 saturated carbocycles. The van der Waals surface area contributed by atoms with Gasteiger partial charge in [0.15, 0.2) is 11.3 Å². The molecular weight excluding hydrogens is 249 g/mol. The highest BCUT2D eigenvalue weighted by molar-refractivity contribution is 5.92. The van der Waals surface area contributed by atoms with Crippen LogP contribution in [0.15, 0.2) is 42.9 Å². The molecule has 0 amide bonds. The van der Waals surface area contributed by atoms with E-state index >= 15 is 0 Å². The number of aromatic carboxylic acids is 1. The molecule has 0 radical (unpaired) electrons. The number of imidazole rings is 1. The number of rotatable bonds is 2. The molecule has 0 aliphatic carbocycles. The van der Waals surface area contributed by atoms with Crippen molar-refractivity contribution in [2.45, 2.75) is 0 Å². The lowest BCUT2D eigenvalue weighted by Gasteiger charge is -1.96. The highest BCUT2D eigenvalue weighted by Gasteiger charge is 2.15. The summed E-state index contributed by atoms with van der Waals surface area (Å²) in [6.45, 7) is 0. The van der Waals surface area contributed by atoms with Crippen molar-refractivity contribution < 1.29 is 14.3 Å². The van der Waals surface area contributed by atoms with Crippen LogP contribution >= 0.6 is 0 Å². The minimum atomic E-state index is -1.17. The molecule has 1 aromatic carbocycles. The smallest absolute Gasteiger partial charge is 0.358 e. The normalized spacial score (nSPS) is 10.8. The van der Waals surface area contributed by atoms with Crippen LogP contribution in [0.5, 0.6) is 0 Å². The first-order chi connectivity index (χ1) is 9.16. The zero-order valence-electron chi connectivity index (χ0n) is 9.62. The maximum absolute atomic E-state index is 13.7. The van der Waals surface area contributed by atoms with Crippen LogP contribution in [0.25, 0.3) is 16.9 Å². The average molecular weight is 257 g/mol. The van der Waals surface area contributed by atoms with Crippen LogP contribution in [0, 0.1) is 5.82 Å². The van der Waals surface area contributed by atoms with Crippen molar-refractivity contribution >= 4 is 11.6 Å². The largest absolute Gasteiger partial charge is 0.476 e. The zero-order valence-corrected chi connectivity index (χ0v) is 9.62. The molecule has 19 heavy (non-hydrogen) atoms. The van der Waals surface area contributed by atoms with Gasteiger partial charge in [-0.15, -0.1) is 0 Å². The van der Waals surface area contributed by atoms with Crippen molar-refractivity contribution in [1.82, 2.24) is 14.4 Å². The molecule has 94 valence electrons. The first-order valence-electron chi connectivity index (χ1n) is 5.49. The number of hydrogen-bond donors (Lipinski definition) is 1. The van der Waals surface area contributed by atoms with E-state index in [1.807, 2.05) is 0 Å². The van der Waals surface area contributed by atoms with E-state index in [0.29, 0.717) is 11.3 Å². The van der Waals surface area contributed by atoms with Gasteiger partial charge in [-0.3, -0.25) is 0 Å². The van der Waals surface area contributed by atoms with E-state index in [-0.39, 0.29) is 11.3 Å². The minimum Gasteiger partial charge on any atom is -0.476 e. The Morgan fingerprint density at radius 3 is 2.84 bits per heavy atom. The van der Waals surface area contributed by atoms with Crippen molar-refractivity contribution in [3.8, 4) is 11.3 Å². The molecule has 5 nitrogen and oxygen atoms in total. The van der Waals surface area contributed by atoms with E-state index in [1.54, 1.807) is 30.6 Å². The fourth-order valence-electron chi connectivity index (χ4n) is 1.87. The fraction of sp³-hybridized carbons (Fsp3) is 0. The Kier molecular flexibility index (Phi) is 2.49. The highest BCUT2D eigenvalue weighted by atomic mass is 19.1. The summed E-state index contributed by atoms with van der Waals surface area (Å²) >= 11 is 0. The predicted molar refractivity (Wildman–Crippen MR) is 65.3 cm³/mol. The van der Waals surface area contributed by atoms with Crippen molar-refractivity contribution in [2.75, 3.05) is 0 Å². The first kappa shape index (κ1) is 11.3. The van der Waals surface area contributed by atoms with Crippen LogP contribution < -0.4 is 0 Å². The standard InChI is InChI=1S/C13H8FN3O2/c14-9-4-2-1-3-8(9)10-7-17-6-5-15-11(13(18)19)12(17)16-10/h1-7H,(H,18,19). The molecule has 0 saturated heterocycles. The summed E-state index contributed by atoms with van der Waals surface area (Å²) in [5, 5.41) is 9.03. The lowest BCUT2D eigenvalue weighted by molar-refractivity contribution is 0.0692. The summed E-state index contributed by atoms with van der Waals surface area (Å²) in [5.41, 5.74) is 0.717. The fourth-order valence-corrected chi connectivity index (χ4v) is 1.87. The topological polar surface area (TPSA) is 67.5 Å². The number of benzene rings is 1. The monoisotopic (exact) mass is 257 g/mol. The van der Waals surface area contributed by atoms with Gasteiger partial charge in [0.05, 0.1) is 5.69 Å². The van der Waals surface area contributed by atoms with Crippen LogP contribution in [0.2, 0.25) is 0 Å². The summed E-state index contributed by atoms with van der Waals surface area (Å²) in [4.78, 5) is 18.9. The molecule has 3 aromatic rings. The van der Waals surface area contributed by atoms with Gasteiger partial charge >= 0.3 is 5.97 Å². The SMILES string of the molecule is O=C(O)c1nccn2cc(-c3ccccc3F)nc12. The minimum absolute atomic E-state index is 0.162. The van der Waals surface area contributed by atoms with E-state index in [2.05, 4.69) is 9.97 Å². The summed E-state index contributed by atoms with van der Waals surface area (Å²) in [6.07, 6.45) is 4.50. The Hall–Kier alpha value is -2.76. The van der Waals surface area contributed by atoms with Gasteiger partial charge in [-0.1, -0.05) is 12.1 Å².